The third-order valence-corrected chi connectivity index (χ3v) is 6.77. The molecule has 1 aliphatic rings. The van der Waals surface area contributed by atoms with Gasteiger partial charge in [-0.15, -0.1) is 28.5 Å². The van der Waals surface area contributed by atoms with Gasteiger partial charge >= 0.3 is 0 Å². The molecule has 9 heteroatoms. The lowest BCUT2D eigenvalue weighted by molar-refractivity contribution is -0.113. The number of nitrogens with one attached hydrogen (secondary N) is 1. The molecule has 32 heavy (non-hydrogen) atoms. The summed E-state index contributed by atoms with van der Waals surface area (Å²) in [6, 6.07) is 17.8. The van der Waals surface area contributed by atoms with Crippen LogP contribution in [0.1, 0.15) is 0 Å². The Labute approximate surface area is 196 Å². The summed E-state index contributed by atoms with van der Waals surface area (Å²) < 4.78 is 7.49. The first-order valence-electron chi connectivity index (χ1n) is 10.3. The molecule has 1 N–H and O–H groups in total. The van der Waals surface area contributed by atoms with Crippen LogP contribution in [0, 0.1) is 0 Å². The quantitative estimate of drug-likeness (QED) is 0.375. The molecular formula is C23H25N5O2S2. The molecule has 0 radical (unpaired) electrons. The molecule has 3 aromatic rings. The SMILES string of the molecule is C=CCSc1ccccc1NC(=O)CSc1nnc(N2CCOCC2)n1-c1ccccc1. The van der Waals surface area contributed by atoms with Crippen LogP contribution >= 0.6 is 23.5 Å². The second-order valence-electron chi connectivity index (χ2n) is 6.99. The van der Waals surface area contributed by atoms with Crippen LogP contribution in [-0.2, 0) is 9.53 Å². The van der Waals surface area contributed by atoms with E-state index in [1.165, 1.54) is 11.8 Å². The van der Waals surface area contributed by atoms with Crippen LogP contribution in [-0.4, -0.2) is 58.5 Å². The van der Waals surface area contributed by atoms with Gasteiger partial charge in [-0.05, 0) is 24.3 Å². The van der Waals surface area contributed by atoms with E-state index in [2.05, 4.69) is 27.0 Å². The van der Waals surface area contributed by atoms with E-state index in [9.17, 15) is 4.79 Å². The highest BCUT2D eigenvalue weighted by atomic mass is 32.2. The van der Waals surface area contributed by atoms with Gasteiger partial charge in [0.25, 0.3) is 0 Å². The van der Waals surface area contributed by atoms with Crippen LogP contribution in [0.4, 0.5) is 11.6 Å². The first kappa shape index (κ1) is 22.4. The van der Waals surface area contributed by atoms with Gasteiger partial charge in [-0.25, -0.2) is 0 Å². The van der Waals surface area contributed by atoms with Crippen molar-refractivity contribution in [1.82, 2.24) is 14.8 Å². The average Bonchev–Trinajstić information content (AvgIpc) is 3.27. The zero-order valence-electron chi connectivity index (χ0n) is 17.6. The minimum Gasteiger partial charge on any atom is -0.378 e. The number of ether oxygens (including phenoxy) is 1. The Morgan fingerprint density at radius 3 is 2.59 bits per heavy atom. The second-order valence-corrected chi connectivity index (χ2v) is 8.99. The number of amides is 1. The summed E-state index contributed by atoms with van der Waals surface area (Å²) in [5, 5.41) is 12.5. The Hall–Kier alpha value is -2.75. The van der Waals surface area contributed by atoms with Crippen molar-refractivity contribution in [1.29, 1.82) is 0 Å². The predicted molar refractivity (Wildman–Crippen MR) is 131 cm³/mol. The molecule has 7 nitrogen and oxygen atoms in total. The van der Waals surface area contributed by atoms with Gasteiger partial charge in [0.1, 0.15) is 0 Å². The molecule has 1 aliphatic heterocycles. The number of carbonyl (C=O) groups is 1. The number of thioether (sulfide) groups is 2. The maximum absolute atomic E-state index is 12.7. The first-order valence-corrected chi connectivity index (χ1v) is 12.3. The van der Waals surface area contributed by atoms with Crippen molar-refractivity contribution in [2.24, 2.45) is 0 Å². The lowest BCUT2D eigenvalue weighted by atomic mass is 10.3. The van der Waals surface area contributed by atoms with E-state index in [0.717, 1.165) is 41.1 Å². The van der Waals surface area contributed by atoms with Crippen molar-refractivity contribution < 1.29 is 9.53 Å². The van der Waals surface area contributed by atoms with Crippen LogP contribution in [0.25, 0.3) is 5.69 Å². The molecule has 1 fully saturated rings. The van der Waals surface area contributed by atoms with Crippen LogP contribution < -0.4 is 10.2 Å². The normalized spacial score (nSPS) is 13.7. The second kappa shape index (κ2) is 11.2. The first-order chi connectivity index (χ1) is 15.8. The van der Waals surface area contributed by atoms with Crippen LogP contribution in [0.3, 0.4) is 0 Å². The Morgan fingerprint density at radius 2 is 1.81 bits per heavy atom. The molecule has 0 atom stereocenters. The van der Waals surface area contributed by atoms with Crippen LogP contribution in [0.5, 0.6) is 0 Å². The van der Waals surface area contributed by atoms with Crippen molar-refractivity contribution in [2.75, 3.05) is 48.0 Å². The number of rotatable bonds is 9. The monoisotopic (exact) mass is 467 g/mol. The Kier molecular flexibility index (Phi) is 7.87. The molecular weight excluding hydrogens is 442 g/mol. The zero-order chi connectivity index (χ0) is 22.2. The number of carbonyl (C=O) groups excluding carboxylic acids is 1. The smallest absolute Gasteiger partial charge is 0.234 e. The number of hydrogen-bond acceptors (Lipinski definition) is 7. The lowest BCUT2D eigenvalue weighted by Gasteiger charge is -2.27. The number of hydrogen-bond donors (Lipinski definition) is 1. The van der Waals surface area contributed by atoms with Crippen LogP contribution in [0.15, 0.2) is 77.3 Å². The molecule has 2 heterocycles. The van der Waals surface area contributed by atoms with E-state index < -0.39 is 0 Å². The van der Waals surface area contributed by atoms with Crippen molar-refractivity contribution in [3.63, 3.8) is 0 Å². The molecule has 0 aliphatic carbocycles. The Bertz CT molecular complexity index is 1050. The van der Waals surface area contributed by atoms with Gasteiger partial charge in [-0.3, -0.25) is 9.36 Å². The number of nitrogens with zero attached hydrogens (tertiary/aromatic N) is 4. The minimum absolute atomic E-state index is 0.0859. The molecule has 0 spiro atoms. The molecule has 0 unspecified atom stereocenters. The summed E-state index contributed by atoms with van der Waals surface area (Å²) in [4.78, 5) is 15.9. The summed E-state index contributed by atoms with van der Waals surface area (Å²) in [6.45, 7) is 6.60. The highest BCUT2D eigenvalue weighted by Gasteiger charge is 2.22. The van der Waals surface area contributed by atoms with E-state index >= 15 is 0 Å². The molecule has 0 saturated carbocycles. The number of morpholine rings is 1. The van der Waals surface area contributed by atoms with Crippen molar-refractivity contribution in [2.45, 2.75) is 10.1 Å². The fourth-order valence-electron chi connectivity index (χ4n) is 3.29. The zero-order valence-corrected chi connectivity index (χ0v) is 19.3. The molecule has 1 aromatic heterocycles. The summed E-state index contributed by atoms with van der Waals surface area (Å²) in [6.07, 6.45) is 1.85. The fraction of sp³-hybridized carbons (Fsp3) is 0.261. The largest absolute Gasteiger partial charge is 0.378 e. The highest BCUT2D eigenvalue weighted by Crippen LogP contribution is 2.29. The van der Waals surface area contributed by atoms with Gasteiger partial charge in [0.15, 0.2) is 5.16 Å². The number of anilines is 2. The van der Waals surface area contributed by atoms with E-state index in [-0.39, 0.29) is 11.7 Å². The van der Waals surface area contributed by atoms with E-state index in [1.54, 1.807) is 11.8 Å². The third kappa shape index (κ3) is 5.53. The fourth-order valence-corrected chi connectivity index (χ4v) is 4.78. The molecule has 1 amide bonds. The molecule has 4 rings (SSSR count). The Morgan fingerprint density at radius 1 is 1.06 bits per heavy atom. The summed E-state index contributed by atoms with van der Waals surface area (Å²) in [7, 11) is 0. The van der Waals surface area contributed by atoms with E-state index in [0.29, 0.717) is 18.4 Å². The highest BCUT2D eigenvalue weighted by molar-refractivity contribution is 8.00. The van der Waals surface area contributed by atoms with Gasteiger partial charge < -0.3 is 15.0 Å². The van der Waals surface area contributed by atoms with Crippen LogP contribution in [0.2, 0.25) is 0 Å². The summed E-state index contributed by atoms with van der Waals surface area (Å²) in [5.41, 5.74) is 1.77. The topological polar surface area (TPSA) is 72.3 Å². The van der Waals surface area contributed by atoms with Crippen molar-refractivity contribution in [3.8, 4) is 5.69 Å². The number of para-hydroxylation sites is 2. The van der Waals surface area contributed by atoms with E-state index in [4.69, 9.17) is 4.74 Å². The third-order valence-electron chi connectivity index (χ3n) is 4.77. The van der Waals surface area contributed by atoms with E-state index in [1.807, 2.05) is 65.2 Å². The van der Waals surface area contributed by atoms with Gasteiger partial charge in [0, 0.05) is 23.7 Å². The summed E-state index contributed by atoms with van der Waals surface area (Å²) >= 11 is 3.01. The maximum atomic E-state index is 12.7. The number of benzene rings is 2. The summed E-state index contributed by atoms with van der Waals surface area (Å²) in [5.74, 6) is 1.70. The Balaban J connectivity index is 1.49. The molecule has 166 valence electrons. The van der Waals surface area contributed by atoms with Gasteiger partial charge in [0.05, 0.1) is 30.3 Å². The lowest BCUT2D eigenvalue weighted by Crippen LogP contribution is -2.37. The van der Waals surface area contributed by atoms with Gasteiger partial charge in [-0.2, -0.15) is 0 Å². The standard InChI is InChI=1S/C23H25N5O2S2/c1-2-16-31-20-11-7-6-10-19(20)24-21(29)17-32-23-26-25-22(27-12-14-30-15-13-27)28(23)18-8-4-3-5-9-18/h2-11H,1,12-17H2,(H,24,29). The number of aromatic nitrogens is 3. The van der Waals surface area contributed by atoms with Gasteiger partial charge in [-0.1, -0.05) is 48.2 Å². The molecule has 2 aromatic carbocycles. The van der Waals surface area contributed by atoms with Crippen molar-refractivity contribution >= 4 is 41.1 Å². The van der Waals surface area contributed by atoms with Gasteiger partial charge in [0.2, 0.25) is 11.9 Å². The van der Waals surface area contributed by atoms with Crippen molar-refractivity contribution in [3.05, 3.63) is 67.3 Å². The molecule has 1 saturated heterocycles. The predicted octanol–water partition coefficient (Wildman–Crippen LogP) is 4.11. The molecule has 0 bridgehead atoms. The maximum Gasteiger partial charge on any atom is 0.234 e. The minimum atomic E-state index is -0.0859. The average molecular weight is 468 g/mol.